The highest BCUT2D eigenvalue weighted by Crippen LogP contribution is 2.34. The van der Waals surface area contributed by atoms with E-state index in [-0.39, 0.29) is 23.7 Å². The van der Waals surface area contributed by atoms with E-state index in [1.54, 1.807) is 7.11 Å². The molecule has 1 aliphatic heterocycles. The Morgan fingerprint density at radius 1 is 0.951 bits per heavy atom. The van der Waals surface area contributed by atoms with Crippen LogP contribution in [0.4, 0.5) is 16.2 Å². The first kappa shape index (κ1) is 28.6. The minimum atomic E-state index is -0.329. The van der Waals surface area contributed by atoms with Gasteiger partial charge in [0.1, 0.15) is 5.75 Å². The van der Waals surface area contributed by atoms with Crippen LogP contribution < -0.4 is 15.4 Å². The molecule has 41 heavy (non-hydrogen) atoms. The second kappa shape index (κ2) is 11.9. The number of nitrogens with zero attached hydrogens (tertiary/aromatic N) is 2. The molecule has 2 atom stereocenters. The van der Waals surface area contributed by atoms with Crippen LogP contribution in [0.5, 0.6) is 5.75 Å². The van der Waals surface area contributed by atoms with E-state index in [0.29, 0.717) is 11.4 Å². The lowest BCUT2D eigenvalue weighted by molar-refractivity contribution is -0.0707. The van der Waals surface area contributed by atoms with Gasteiger partial charge < -0.3 is 20.1 Å². The van der Waals surface area contributed by atoms with Gasteiger partial charge in [-0.1, -0.05) is 63.2 Å². The zero-order valence-corrected chi connectivity index (χ0v) is 24.8. The van der Waals surface area contributed by atoms with Crippen molar-refractivity contribution in [1.82, 2.24) is 9.88 Å². The Morgan fingerprint density at radius 2 is 1.66 bits per heavy atom. The van der Waals surface area contributed by atoms with E-state index in [4.69, 9.17) is 14.5 Å². The predicted molar refractivity (Wildman–Crippen MR) is 167 cm³/mol. The molecular formula is C34H40N4O3. The van der Waals surface area contributed by atoms with Gasteiger partial charge in [-0.2, -0.15) is 0 Å². The van der Waals surface area contributed by atoms with Gasteiger partial charge in [-0.25, -0.2) is 4.79 Å². The lowest BCUT2D eigenvalue weighted by Gasteiger charge is -2.35. The van der Waals surface area contributed by atoms with E-state index in [2.05, 4.69) is 68.4 Å². The third-order valence-electron chi connectivity index (χ3n) is 7.50. The zero-order valence-electron chi connectivity index (χ0n) is 24.8. The fourth-order valence-electron chi connectivity index (χ4n) is 5.53. The van der Waals surface area contributed by atoms with Crippen LogP contribution >= 0.6 is 0 Å². The number of carbonyl (C=O) groups is 1. The lowest BCUT2D eigenvalue weighted by atomic mass is 9.87. The quantitative estimate of drug-likeness (QED) is 0.260. The highest BCUT2D eigenvalue weighted by molar-refractivity contribution is 6.10. The van der Waals surface area contributed by atoms with Gasteiger partial charge in [0.15, 0.2) is 0 Å². The maximum atomic E-state index is 13.2. The number of anilines is 2. The number of ether oxygens (including phenoxy) is 2. The van der Waals surface area contributed by atoms with Crippen molar-refractivity contribution in [3.05, 3.63) is 84.2 Å². The van der Waals surface area contributed by atoms with Gasteiger partial charge in [-0.3, -0.25) is 9.88 Å². The van der Waals surface area contributed by atoms with Crippen molar-refractivity contribution in [3.8, 4) is 16.9 Å². The first-order valence-electron chi connectivity index (χ1n) is 14.2. The molecule has 3 aromatic carbocycles. The summed E-state index contributed by atoms with van der Waals surface area (Å²) in [5.74, 6) is 0.613. The number of rotatable bonds is 6. The van der Waals surface area contributed by atoms with Crippen molar-refractivity contribution >= 4 is 28.2 Å². The van der Waals surface area contributed by atoms with Crippen molar-refractivity contribution in [1.29, 1.82) is 0 Å². The fourth-order valence-corrected chi connectivity index (χ4v) is 5.53. The first-order valence-corrected chi connectivity index (χ1v) is 14.2. The topological polar surface area (TPSA) is 75.7 Å². The smallest absolute Gasteiger partial charge is 0.323 e. The zero-order chi connectivity index (χ0) is 29.1. The van der Waals surface area contributed by atoms with Crippen molar-refractivity contribution < 1.29 is 14.3 Å². The third kappa shape index (κ3) is 6.69. The van der Waals surface area contributed by atoms with E-state index in [0.717, 1.165) is 58.5 Å². The average Bonchev–Trinajstić information content (AvgIpc) is 2.93. The Morgan fingerprint density at radius 3 is 2.32 bits per heavy atom. The molecule has 7 heteroatoms. The van der Waals surface area contributed by atoms with Gasteiger partial charge in [0, 0.05) is 36.8 Å². The molecule has 0 spiro atoms. The van der Waals surface area contributed by atoms with Crippen molar-refractivity contribution in [2.24, 2.45) is 0 Å². The maximum absolute atomic E-state index is 13.2. The summed E-state index contributed by atoms with van der Waals surface area (Å²) in [5, 5.41) is 8.03. The molecule has 214 valence electrons. The highest BCUT2D eigenvalue weighted by atomic mass is 16.5. The average molecular weight is 553 g/mol. The Balaban J connectivity index is 1.35. The first-order chi connectivity index (χ1) is 19.6. The predicted octanol–water partition coefficient (Wildman–Crippen LogP) is 7.46. The molecule has 2 heterocycles. The Bertz CT molecular complexity index is 1520. The van der Waals surface area contributed by atoms with E-state index in [1.165, 1.54) is 0 Å². The number of hydrogen-bond acceptors (Lipinski definition) is 5. The van der Waals surface area contributed by atoms with Gasteiger partial charge in [-0.15, -0.1) is 0 Å². The number of aromatic nitrogens is 1. The number of nitrogens with one attached hydrogen (secondary N) is 2. The molecule has 1 aromatic heterocycles. The summed E-state index contributed by atoms with van der Waals surface area (Å²) in [7, 11) is 1.60. The molecule has 2 amide bonds. The molecule has 0 radical (unpaired) electrons. The number of pyridine rings is 1. The molecule has 1 aliphatic rings. The van der Waals surface area contributed by atoms with Crippen LogP contribution in [-0.4, -0.2) is 48.3 Å². The number of carbonyl (C=O) groups excluding carboxylic acids is 1. The van der Waals surface area contributed by atoms with Crippen molar-refractivity contribution in [3.63, 3.8) is 0 Å². The standard InChI is InChI=1S/C34H40N4O3/c1-22-19-38(20-23(2)41-22)21-26-13-11-24(18-35-26)27-14-15-30(29-10-8-7-9-28(27)29)36-33(39)37-31-17-25(34(3,4)5)12-16-32(31)40-6/h7-18,22-23H,19-21H2,1-6H3,(H2,36,37,39). The molecule has 4 aromatic rings. The fraction of sp³-hybridized carbons (Fsp3) is 0.353. The van der Waals surface area contributed by atoms with Gasteiger partial charge in [0.2, 0.25) is 0 Å². The van der Waals surface area contributed by atoms with Crippen molar-refractivity contribution in [2.45, 2.75) is 58.8 Å². The van der Waals surface area contributed by atoms with E-state index in [1.807, 2.05) is 54.7 Å². The van der Waals surface area contributed by atoms with Crippen LogP contribution in [0.1, 0.15) is 45.9 Å². The van der Waals surface area contributed by atoms with Crippen LogP contribution in [0.15, 0.2) is 72.9 Å². The molecule has 5 rings (SSSR count). The molecule has 0 aliphatic carbocycles. The van der Waals surface area contributed by atoms with Crippen LogP contribution in [0, 0.1) is 0 Å². The van der Waals surface area contributed by atoms with Gasteiger partial charge in [0.25, 0.3) is 0 Å². The summed E-state index contributed by atoms with van der Waals surface area (Å²) in [6, 6.07) is 21.9. The third-order valence-corrected chi connectivity index (χ3v) is 7.50. The summed E-state index contributed by atoms with van der Waals surface area (Å²) in [6.45, 7) is 13.3. The molecule has 0 saturated carbocycles. The summed E-state index contributed by atoms with van der Waals surface area (Å²) < 4.78 is 11.4. The second-order valence-electron chi connectivity index (χ2n) is 11.9. The number of hydrogen-bond donors (Lipinski definition) is 2. The Labute approximate surface area is 242 Å². The van der Waals surface area contributed by atoms with Gasteiger partial charge in [-0.05, 0) is 60.0 Å². The number of methoxy groups -OCH3 is 1. The molecule has 2 unspecified atom stereocenters. The van der Waals surface area contributed by atoms with Gasteiger partial charge >= 0.3 is 6.03 Å². The molecule has 0 bridgehead atoms. The molecule has 1 fully saturated rings. The van der Waals surface area contributed by atoms with Crippen LogP contribution in [-0.2, 0) is 16.7 Å². The van der Waals surface area contributed by atoms with Crippen LogP contribution in [0.2, 0.25) is 0 Å². The lowest BCUT2D eigenvalue weighted by Crippen LogP contribution is -2.44. The normalized spacial score (nSPS) is 17.8. The Kier molecular flexibility index (Phi) is 8.29. The monoisotopic (exact) mass is 552 g/mol. The maximum Gasteiger partial charge on any atom is 0.323 e. The number of amides is 2. The second-order valence-corrected chi connectivity index (χ2v) is 11.9. The number of morpholine rings is 1. The van der Waals surface area contributed by atoms with E-state index in [9.17, 15) is 4.79 Å². The number of fused-ring (bicyclic) bond motifs is 1. The van der Waals surface area contributed by atoms with Crippen molar-refractivity contribution in [2.75, 3.05) is 30.8 Å². The number of benzene rings is 3. The number of urea groups is 1. The minimum Gasteiger partial charge on any atom is -0.495 e. The molecular weight excluding hydrogens is 512 g/mol. The minimum absolute atomic E-state index is 0.0576. The highest BCUT2D eigenvalue weighted by Gasteiger charge is 2.22. The van der Waals surface area contributed by atoms with E-state index < -0.39 is 0 Å². The molecule has 7 nitrogen and oxygen atoms in total. The SMILES string of the molecule is COc1ccc(C(C)(C)C)cc1NC(=O)Nc1ccc(-c2ccc(CN3CC(C)OC(C)C3)nc2)c2ccccc12. The molecule has 1 saturated heterocycles. The Hall–Kier alpha value is -3.94. The summed E-state index contributed by atoms with van der Waals surface area (Å²) in [6.07, 6.45) is 2.40. The van der Waals surface area contributed by atoms with Crippen LogP contribution in [0.3, 0.4) is 0 Å². The summed E-state index contributed by atoms with van der Waals surface area (Å²) in [4.78, 5) is 20.3. The largest absolute Gasteiger partial charge is 0.495 e. The van der Waals surface area contributed by atoms with Crippen LogP contribution in [0.25, 0.3) is 21.9 Å². The van der Waals surface area contributed by atoms with E-state index >= 15 is 0 Å². The van der Waals surface area contributed by atoms with Gasteiger partial charge in [0.05, 0.1) is 36.4 Å². The molecule has 2 N–H and O–H groups in total. The summed E-state index contributed by atoms with van der Waals surface area (Å²) >= 11 is 0. The summed E-state index contributed by atoms with van der Waals surface area (Å²) in [5.41, 5.74) is 5.56.